The van der Waals surface area contributed by atoms with Crippen LogP contribution in [0.3, 0.4) is 0 Å². The van der Waals surface area contributed by atoms with Crippen LogP contribution < -0.4 is 0 Å². The predicted molar refractivity (Wildman–Crippen MR) is 52.2 cm³/mol. The van der Waals surface area contributed by atoms with Gasteiger partial charge in [-0.1, -0.05) is 29.7 Å². The molecule has 0 rings (SSSR count). The summed E-state index contributed by atoms with van der Waals surface area (Å²) in [5, 5.41) is 16.2. The Labute approximate surface area is 79.5 Å². The third kappa shape index (κ3) is 194. The Hall–Kier alpha value is -1.86. The number of hydrogen-bond acceptors (Lipinski definition) is 6. The second kappa shape index (κ2) is 652. The number of carbonyl (C=O) groups excluding carboxylic acids is 3. The van der Waals surface area contributed by atoms with Gasteiger partial charge in [0.05, 0.1) is 0 Å². The summed E-state index contributed by atoms with van der Waals surface area (Å²) in [5.41, 5.74) is 0. The summed E-state index contributed by atoms with van der Waals surface area (Å²) in [6, 6.07) is 0. The highest BCUT2D eigenvalue weighted by Crippen LogP contribution is 0.874. The van der Waals surface area contributed by atoms with Crippen LogP contribution in [-0.2, 0) is 14.4 Å². The Morgan fingerprint density at radius 3 is 0.538 bits per heavy atom. The van der Waals surface area contributed by atoms with Crippen LogP contribution in [0.2, 0.25) is 0 Å². The maximum absolute atomic E-state index is 8.35. The number of isocyanates is 3. The van der Waals surface area contributed by atoms with Gasteiger partial charge in [-0.15, -0.1) is 0 Å². The first kappa shape index (κ1) is 66.8. The van der Waals surface area contributed by atoms with E-state index in [1.54, 1.807) is 0 Å². The maximum atomic E-state index is 8.35. The summed E-state index contributed by atoms with van der Waals surface area (Å²) in [6.07, 6.45) is 2.25. The molecule has 0 aliphatic carbocycles. The van der Waals surface area contributed by atoms with Crippen LogP contribution in [-0.4, -0.2) is 18.2 Å². The molecule has 0 saturated heterocycles. The zero-order chi connectivity index (χ0) is 8.12. The van der Waals surface area contributed by atoms with Crippen molar-refractivity contribution in [3.63, 3.8) is 0 Å². The normalized spacial score (nSPS) is 1.85. The third-order valence-electron chi connectivity index (χ3n) is 0. The summed E-state index contributed by atoms with van der Waals surface area (Å²) >= 11 is 0. The zero-order valence-corrected chi connectivity index (χ0v) is 4.22. The Morgan fingerprint density at radius 1 is 0.538 bits per heavy atom. The van der Waals surface area contributed by atoms with Crippen LogP contribution in [0.5, 0.6) is 0 Å². The van der Waals surface area contributed by atoms with Crippen LogP contribution >= 0.6 is 0 Å². The van der Waals surface area contributed by atoms with Crippen LogP contribution in [0.1, 0.15) is 29.7 Å². The fourth-order valence-electron chi connectivity index (χ4n) is 0. The highest BCUT2D eigenvalue weighted by Gasteiger charge is 1.04. The summed E-state index contributed by atoms with van der Waals surface area (Å²) in [5.74, 6) is 0. The van der Waals surface area contributed by atoms with E-state index in [1.165, 1.54) is 0 Å². The number of hydrogen-bond donors (Lipinski definition) is 3. The second-order valence-electron chi connectivity index (χ2n) is 0.306. The van der Waals surface area contributed by atoms with Crippen molar-refractivity contribution < 1.29 is 14.4 Å². The molecule has 0 aromatic heterocycles. The quantitative estimate of drug-likeness (QED) is 0.403. The van der Waals surface area contributed by atoms with Crippen molar-refractivity contribution in [2.75, 3.05) is 0 Å². The van der Waals surface area contributed by atoms with Crippen molar-refractivity contribution in [2.24, 2.45) is 0 Å². The van der Waals surface area contributed by atoms with E-state index in [4.69, 9.17) is 30.6 Å². The van der Waals surface area contributed by atoms with Crippen molar-refractivity contribution in [1.82, 2.24) is 0 Å². The van der Waals surface area contributed by atoms with E-state index in [-0.39, 0.29) is 29.7 Å². The SMILES string of the molecule is C.C.C.C.N=C=O.N=C=O.N=C=O. The van der Waals surface area contributed by atoms with Crippen molar-refractivity contribution in [3.05, 3.63) is 0 Å². The molecule has 0 unspecified atom stereocenters. The molecule has 0 amide bonds. The molecule has 80 valence electrons. The predicted octanol–water partition coefficient (Wildman–Crippen LogP) is 2.25. The summed E-state index contributed by atoms with van der Waals surface area (Å²) in [6.45, 7) is 0. The number of rotatable bonds is 0. The summed E-state index contributed by atoms with van der Waals surface area (Å²) in [4.78, 5) is 25.0. The minimum Gasteiger partial charge on any atom is -0.222 e. The Kier molecular flexibility index (Phi) is 3350. The molecule has 6 nitrogen and oxygen atoms in total. The molecule has 0 aliphatic heterocycles. The minimum atomic E-state index is 0. The molecule has 0 aromatic rings. The minimum absolute atomic E-state index is 0. The number of nitrogens with one attached hydrogen (secondary N) is 3. The smallest absolute Gasteiger partial charge is 0.222 e. The first-order chi connectivity index (χ1) is 4.24. The summed E-state index contributed by atoms with van der Waals surface area (Å²) < 4.78 is 0. The van der Waals surface area contributed by atoms with Gasteiger partial charge in [-0.25, -0.2) is 30.6 Å². The zero-order valence-electron chi connectivity index (χ0n) is 4.22. The van der Waals surface area contributed by atoms with E-state index in [9.17, 15) is 0 Å². The van der Waals surface area contributed by atoms with Crippen LogP contribution in [0.25, 0.3) is 0 Å². The van der Waals surface area contributed by atoms with E-state index in [0.717, 1.165) is 18.2 Å². The first-order valence-corrected chi connectivity index (χ1v) is 1.36. The van der Waals surface area contributed by atoms with Gasteiger partial charge < -0.3 is 0 Å². The van der Waals surface area contributed by atoms with Crippen molar-refractivity contribution in [2.45, 2.75) is 29.7 Å². The average molecular weight is 193 g/mol. The standard InChI is InChI=1S/3CHNO.4CH4/c3*2-1-3;;;;/h3*2H;4*1H4. The van der Waals surface area contributed by atoms with Gasteiger partial charge in [0.2, 0.25) is 18.2 Å². The van der Waals surface area contributed by atoms with Gasteiger partial charge in [0.15, 0.2) is 0 Å². The molecule has 6 heteroatoms. The molecule has 0 saturated carbocycles. The molecule has 0 radical (unpaired) electrons. The van der Waals surface area contributed by atoms with Gasteiger partial charge in [0.1, 0.15) is 0 Å². The van der Waals surface area contributed by atoms with Gasteiger partial charge >= 0.3 is 0 Å². The molecule has 13 heavy (non-hydrogen) atoms. The maximum Gasteiger partial charge on any atom is 0.231 e. The Bertz CT molecular complexity index is 111. The van der Waals surface area contributed by atoms with Crippen molar-refractivity contribution in [3.8, 4) is 0 Å². The van der Waals surface area contributed by atoms with Gasteiger partial charge in [-0.2, -0.15) is 0 Å². The van der Waals surface area contributed by atoms with Gasteiger partial charge in [0.25, 0.3) is 0 Å². The molecule has 3 N–H and O–H groups in total. The van der Waals surface area contributed by atoms with Gasteiger partial charge in [-0.3, -0.25) is 0 Å². The highest BCUT2D eigenvalue weighted by atomic mass is 16.1. The van der Waals surface area contributed by atoms with Crippen LogP contribution in [0.15, 0.2) is 0 Å². The monoisotopic (exact) mass is 193 g/mol. The Morgan fingerprint density at radius 2 is 0.538 bits per heavy atom. The molecule has 0 heterocycles. The average Bonchev–Trinajstić information content (AvgIpc) is 1.70. The van der Waals surface area contributed by atoms with Crippen molar-refractivity contribution in [1.29, 1.82) is 16.2 Å². The molecule has 0 aromatic carbocycles. The lowest BCUT2D eigenvalue weighted by Crippen LogP contribution is -1.16. The molecular weight excluding hydrogens is 174 g/mol. The summed E-state index contributed by atoms with van der Waals surface area (Å²) in [7, 11) is 0. The van der Waals surface area contributed by atoms with Gasteiger partial charge in [0, 0.05) is 0 Å². The second-order valence-corrected chi connectivity index (χ2v) is 0.306. The highest BCUT2D eigenvalue weighted by molar-refractivity contribution is 5.26. The van der Waals surface area contributed by atoms with E-state index in [0.29, 0.717) is 0 Å². The molecular formula is C7H19N3O3. The van der Waals surface area contributed by atoms with Crippen molar-refractivity contribution >= 4 is 18.2 Å². The van der Waals surface area contributed by atoms with E-state index < -0.39 is 0 Å². The Balaban J connectivity index is -0.00000000720. The van der Waals surface area contributed by atoms with E-state index in [2.05, 4.69) is 0 Å². The lowest BCUT2D eigenvalue weighted by atomic mass is 11.7. The molecule has 0 spiro atoms. The first-order valence-electron chi connectivity index (χ1n) is 1.36. The topological polar surface area (TPSA) is 123 Å². The van der Waals surface area contributed by atoms with Gasteiger partial charge in [-0.05, 0) is 0 Å². The fraction of sp³-hybridized carbons (Fsp3) is 0.571. The largest absolute Gasteiger partial charge is 0.231 e. The lowest BCUT2D eigenvalue weighted by molar-refractivity contribution is 0.562. The van der Waals surface area contributed by atoms with Crippen LogP contribution in [0, 0.1) is 16.2 Å². The lowest BCUT2D eigenvalue weighted by Gasteiger charge is -1.02. The molecule has 0 fully saturated rings. The van der Waals surface area contributed by atoms with Crippen LogP contribution in [0.4, 0.5) is 0 Å². The molecule has 0 atom stereocenters. The van der Waals surface area contributed by atoms with E-state index >= 15 is 0 Å². The molecule has 0 aliphatic rings. The third-order valence-corrected chi connectivity index (χ3v) is 0. The van der Waals surface area contributed by atoms with E-state index in [1.807, 2.05) is 0 Å². The molecule has 0 bridgehead atoms. The fourth-order valence-corrected chi connectivity index (χ4v) is 0.